The number of benzene rings is 2. The molecular weight excluding hydrogens is 438 g/mol. The Labute approximate surface area is 200 Å². The van der Waals surface area contributed by atoms with Crippen LogP contribution in [0.3, 0.4) is 0 Å². The Kier molecular flexibility index (Phi) is 7.71. The molecule has 1 aromatic heterocycles. The van der Waals surface area contributed by atoms with Crippen LogP contribution in [0.15, 0.2) is 54.6 Å². The van der Waals surface area contributed by atoms with Gasteiger partial charge in [-0.25, -0.2) is 4.68 Å². The lowest BCUT2D eigenvalue weighted by Crippen LogP contribution is -2.36. The highest BCUT2D eigenvalue weighted by molar-refractivity contribution is 6.30. The predicted molar refractivity (Wildman–Crippen MR) is 130 cm³/mol. The van der Waals surface area contributed by atoms with Gasteiger partial charge in [-0.15, -0.1) is 0 Å². The molecule has 176 valence electrons. The lowest BCUT2D eigenvalue weighted by atomic mass is 10.2. The third-order valence-electron chi connectivity index (χ3n) is 5.64. The van der Waals surface area contributed by atoms with Crippen LogP contribution in [0.4, 0.5) is 0 Å². The zero-order valence-electron chi connectivity index (χ0n) is 19.4. The van der Waals surface area contributed by atoms with Gasteiger partial charge in [-0.1, -0.05) is 35.9 Å². The van der Waals surface area contributed by atoms with E-state index in [1.165, 1.54) is 0 Å². The molecule has 1 saturated carbocycles. The molecule has 1 atom stereocenters. The van der Waals surface area contributed by atoms with Gasteiger partial charge in [-0.05, 0) is 63.9 Å². The van der Waals surface area contributed by atoms with Gasteiger partial charge in [0.15, 0.2) is 0 Å². The van der Waals surface area contributed by atoms with Gasteiger partial charge in [0.25, 0.3) is 0 Å². The second-order valence-electron chi connectivity index (χ2n) is 8.87. The SMILES string of the molecule is Cc1nn(-c2cccc(Cl)c2)c(Oc2ccccc2)c1CN(CC(O)COC(C)C)C1CC1. The standard InChI is InChI=1S/C26H32ClN3O3/c1-18(2)32-17-23(31)15-29(21-12-13-21)16-25-19(3)28-30(22-9-7-8-20(27)14-22)26(25)33-24-10-5-4-6-11-24/h4-11,14,18,21,23,31H,12-13,15-17H2,1-3H3. The molecule has 1 unspecified atom stereocenters. The molecule has 0 radical (unpaired) electrons. The highest BCUT2D eigenvalue weighted by atomic mass is 35.5. The number of para-hydroxylation sites is 1. The summed E-state index contributed by atoms with van der Waals surface area (Å²) in [5.74, 6) is 1.41. The van der Waals surface area contributed by atoms with Gasteiger partial charge in [0.2, 0.25) is 5.88 Å². The highest BCUT2D eigenvalue weighted by Crippen LogP contribution is 2.35. The normalized spacial score (nSPS) is 14.8. The number of rotatable bonds is 11. The first-order valence-electron chi connectivity index (χ1n) is 11.5. The molecule has 1 N–H and O–H groups in total. The second-order valence-corrected chi connectivity index (χ2v) is 9.31. The molecule has 0 bridgehead atoms. The van der Waals surface area contributed by atoms with Gasteiger partial charge >= 0.3 is 0 Å². The van der Waals surface area contributed by atoms with Crippen LogP contribution in [-0.2, 0) is 11.3 Å². The quantitative estimate of drug-likeness (QED) is 0.408. The zero-order chi connectivity index (χ0) is 23.4. The van der Waals surface area contributed by atoms with Crippen molar-refractivity contribution in [1.82, 2.24) is 14.7 Å². The molecule has 2 aromatic carbocycles. The van der Waals surface area contributed by atoms with E-state index >= 15 is 0 Å². The van der Waals surface area contributed by atoms with E-state index in [4.69, 9.17) is 26.2 Å². The maximum Gasteiger partial charge on any atom is 0.227 e. The van der Waals surface area contributed by atoms with Gasteiger partial charge in [0.1, 0.15) is 5.75 Å². The molecule has 1 aliphatic carbocycles. The number of aliphatic hydroxyl groups excluding tert-OH is 1. The zero-order valence-corrected chi connectivity index (χ0v) is 20.2. The van der Waals surface area contributed by atoms with Crippen LogP contribution in [0.1, 0.15) is 37.9 Å². The molecule has 7 heteroatoms. The van der Waals surface area contributed by atoms with E-state index in [0.29, 0.717) is 36.6 Å². The summed E-state index contributed by atoms with van der Waals surface area (Å²) < 4.78 is 13.8. The van der Waals surface area contributed by atoms with Gasteiger partial charge < -0.3 is 14.6 Å². The second kappa shape index (κ2) is 10.7. The minimum atomic E-state index is -0.547. The molecule has 0 saturated heterocycles. The van der Waals surface area contributed by atoms with E-state index in [2.05, 4.69) is 4.90 Å². The lowest BCUT2D eigenvalue weighted by molar-refractivity contribution is -0.0107. The van der Waals surface area contributed by atoms with Crippen molar-refractivity contribution in [3.63, 3.8) is 0 Å². The Balaban J connectivity index is 1.64. The Hall–Kier alpha value is -2.38. The van der Waals surface area contributed by atoms with Crippen molar-refractivity contribution in [3.05, 3.63) is 70.9 Å². The highest BCUT2D eigenvalue weighted by Gasteiger charge is 2.32. The molecular formula is C26H32ClN3O3. The summed E-state index contributed by atoms with van der Waals surface area (Å²) in [5.41, 5.74) is 2.73. The fraction of sp³-hybridized carbons (Fsp3) is 0.423. The first kappa shape index (κ1) is 23.8. The Morgan fingerprint density at radius 1 is 1.15 bits per heavy atom. The first-order valence-corrected chi connectivity index (χ1v) is 11.9. The molecule has 1 fully saturated rings. The van der Waals surface area contributed by atoms with Crippen LogP contribution in [0, 0.1) is 6.92 Å². The summed E-state index contributed by atoms with van der Waals surface area (Å²) in [6.45, 7) is 7.47. The van der Waals surface area contributed by atoms with E-state index < -0.39 is 6.10 Å². The summed E-state index contributed by atoms with van der Waals surface area (Å²) in [6.07, 6.45) is 1.82. The maximum absolute atomic E-state index is 10.6. The van der Waals surface area contributed by atoms with Crippen molar-refractivity contribution < 1.29 is 14.6 Å². The van der Waals surface area contributed by atoms with Crippen molar-refractivity contribution in [1.29, 1.82) is 0 Å². The van der Waals surface area contributed by atoms with Crippen LogP contribution in [0.25, 0.3) is 5.69 Å². The van der Waals surface area contributed by atoms with E-state index in [9.17, 15) is 5.11 Å². The average Bonchev–Trinajstić information content (AvgIpc) is 3.59. The largest absolute Gasteiger partial charge is 0.439 e. The van der Waals surface area contributed by atoms with Gasteiger partial charge in [0, 0.05) is 24.2 Å². The van der Waals surface area contributed by atoms with Crippen molar-refractivity contribution in [2.45, 2.75) is 58.4 Å². The molecule has 0 spiro atoms. The van der Waals surface area contributed by atoms with Crippen LogP contribution >= 0.6 is 11.6 Å². The number of ether oxygens (including phenoxy) is 2. The smallest absolute Gasteiger partial charge is 0.227 e. The van der Waals surface area contributed by atoms with Gasteiger partial charge in [0.05, 0.1) is 35.8 Å². The fourth-order valence-corrected chi connectivity index (χ4v) is 4.01. The summed E-state index contributed by atoms with van der Waals surface area (Å²) in [6, 6.07) is 17.8. The van der Waals surface area contributed by atoms with Crippen LogP contribution in [0.5, 0.6) is 11.6 Å². The molecule has 0 aliphatic heterocycles. The van der Waals surface area contributed by atoms with Crippen molar-refractivity contribution >= 4 is 11.6 Å². The molecule has 0 amide bonds. The third-order valence-corrected chi connectivity index (χ3v) is 5.87. The van der Waals surface area contributed by atoms with Crippen LogP contribution in [0.2, 0.25) is 5.02 Å². The summed E-state index contributed by atoms with van der Waals surface area (Å²) in [7, 11) is 0. The fourth-order valence-electron chi connectivity index (χ4n) is 3.82. The third kappa shape index (κ3) is 6.36. The van der Waals surface area contributed by atoms with E-state index in [1.54, 1.807) is 0 Å². The molecule has 3 aromatic rings. The number of halogens is 1. The molecule has 1 heterocycles. The van der Waals surface area contributed by atoms with Crippen LogP contribution in [-0.4, -0.2) is 51.2 Å². The number of aliphatic hydroxyl groups is 1. The lowest BCUT2D eigenvalue weighted by Gasteiger charge is -2.25. The summed E-state index contributed by atoms with van der Waals surface area (Å²) >= 11 is 6.27. The number of hydrogen-bond acceptors (Lipinski definition) is 5. The minimum Gasteiger partial charge on any atom is -0.439 e. The van der Waals surface area contributed by atoms with Crippen molar-refractivity contribution in [2.24, 2.45) is 0 Å². The van der Waals surface area contributed by atoms with Crippen molar-refractivity contribution in [3.8, 4) is 17.3 Å². The maximum atomic E-state index is 10.6. The van der Waals surface area contributed by atoms with E-state index in [-0.39, 0.29) is 6.10 Å². The van der Waals surface area contributed by atoms with Gasteiger partial charge in [-0.3, -0.25) is 4.90 Å². The number of aryl methyl sites for hydroxylation is 1. The number of aromatic nitrogens is 2. The van der Waals surface area contributed by atoms with E-state index in [0.717, 1.165) is 35.5 Å². The predicted octanol–water partition coefficient (Wildman–Crippen LogP) is 5.38. The minimum absolute atomic E-state index is 0.0954. The summed E-state index contributed by atoms with van der Waals surface area (Å²) in [4.78, 5) is 2.32. The summed E-state index contributed by atoms with van der Waals surface area (Å²) in [5, 5.41) is 16.0. The first-order chi connectivity index (χ1) is 15.9. The number of nitrogens with zero attached hydrogens (tertiary/aromatic N) is 3. The Bertz CT molecular complexity index is 1050. The molecule has 4 rings (SSSR count). The molecule has 33 heavy (non-hydrogen) atoms. The monoisotopic (exact) mass is 469 g/mol. The number of hydrogen-bond donors (Lipinski definition) is 1. The Morgan fingerprint density at radius 2 is 1.91 bits per heavy atom. The molecule has 1 aliphatic rings. The average molecular weight is 470 g/mol. The molecule has 6 nitrogen and oxygen atoms in total. The topological polar surface area (TPSA) is 59.8 Å². The van der Waals surface area contributed by atoms with Crippen molar-refractivity contribution in [2.75, 3.05) is 13.2 Å². The Morgan fingerprint density at radius 3 is 2.58 bits per heavy atom. The van der Waals surface area contributed by atoms with E-state index in [1.807, 2.05) is 80.1 Å². The van der Waals surface area contributed by atoms with Gasteiger partial charge in [-0.2, -0.15) is 5.10 Å². The van der Waals surface area contributed by atoms with Crippen LogP contribution < -0.4 is 4.74 Å².